The number of hydrogen-bond donors (Lipinski definition) is 1. The highest BCUT2D eigenvalue weighted by Gasteiger charge is 2.26. The van der Waals surface area contributed by atoms with Gasteiger partial charge >= 0.3 is 0 Å². The molecule has 2 aromatic heterocycles. The van der Waals surface area contributed by atoms with Gasteiger partial charge in [0.25, 0.3) is 5.56 Å². The number of hydrogen-bond acceptors (Lipinski definition) is 6. The van der Waals surface area contributed by atoms with Gasteiger partial charge in [0.15, 0.2) is 5.82 Å². The zero-order valence-electron chi connectivity index (χ0n) is 23.6. The summed E-state index contributed by atoms with van der Waals surface area (Å²) >= 11 is 0. The van der Waals surface area contributed by atoms with E-state index in [9.17, 15) is 4.79 Å². The maximum atomic E-state index is 13.3. The number of methoxy groups -OCH3 is 1. The molecular weight excluding hydrogens is 500 g/mol. The lowest BCUT2D eigenvalue weighted by atomic mass is 10.0. The highest BCUT2D eigenvalue weighted by atomic mass is 16.5. The third-order valence-electron chi connectivity index (χ3n) is 7.45. The molecule has 0 radical (unpaired) electrons. The van der Waals surface area contributed by atoms with E-state index in [2.05, 4.69) is 75.7 Å². The number of aryl methyl sites for hydroxylation is 2. The van der Waals surface area contributed by atoms with Crippen molar-refractivity contribution in [2.45, 2.75) is 52.7 Å². The Balaban J connectivity index is 1.48. The maximum Gasteiger partial charge on any atom is 0.252 e. The van der Waals surface area contributed by atoms with Crippen molar-refractivity contribution in [2.24, 2.45) is 0 Å². The molecule has 0 spiro atoms. The van der Waals surface area contributed by atoms with Crippen LogP contribution >= 0.6 is 0 Å². The molecule has 3 aromatic carbocycles. The van der Waals surface area contributed by atoms with Crippen LogP contribution in [0.15, 0.2) is 77.6 Å². The second-order valence-electron chi connectivity index (χ2n) is 10.3. The number of nitrogens with one attached hydrogen (secondary N) is 1. The van der Waals surface area contributed by atoms with Crippen molar-refractivity contribution in [3.05, 3.63) is 117 Å². The first-order valence-corrected chi connectivity index (χ1v) is 13.7. The van der Waals surface area contributed by atoms with Gasteiger partial charge in [-0.2, -0.15) is 0 Å². The summed E-state index contributed by atoms with van der Waals surface area (Å²) < 4.78 is 7.17. The summed E-state index contributed by atoms with van der Waals surface area (Å²) in [7, 11) is 1.66. The van der Waals surface area contributed by atoms with Gasteiger partial charge in [0.2, 0.25) is 0 Å². The Morgan fingerprint density at radius 1 is 1.00 bits per heavy atom. The lowest BCUT2D eigenvalue weighted by Crippen LogP contribution is -2.34. The topological polar surface area (TPSA) is 88.9 Å². The van der Waals surface area contributed by atoms with Gasteiger partial charge in [0.1, 0.15) is 5.75 Å². The van der Waals surface area contributed by atoms with E-state index in [0.29, 0.717) is 13.1 Å². The van der Waals surface area contributed by atoms with Crippen LogP contribution in [0.2, 0.25) is 0 Å². The summed E-state index contributed by atoms with van der Waals surface area (Å²) in [5, 5.41) is 13.9. The second kappa shape index (κ2) is 12.3. The Bertz CT molecular complexity index is 1630. The summed E-state index contributed by atoms with van der Waals surface area (Å²) in [6, 6.07) is 24.6. The Hall–Kier alpha value is -4.30. The molecule has 206 valence electrons. The Morgan fingerprint density at radius 3 is 2.50 bits per heavy atom. The largest absolute Gasteiger partial charge is 0.497 e. The number of nitrogens with zero attached hydrogens (tertiary/aromatic N) is 5. The highest BCUT2D eigenvalue weighted by molar-refractivity contribution is 5.82. The number of ether oxygens (including phenoxy) is 1. The van der Waals surface area contributed by atoms with Crippen LogP contribution in [-0.2, 0) is 19.5 Å². The van der Waals surface area contributed by atoms with Gasteiger partial charge in [0, 0.05) is 18.7 Å². The van der Waals surface area contributed by atoms with E-state index in [-0.39, 0.29) is 11.6 Å². The van der Waals surface area contributed by atoms with Crippen LogP contribution in [0.3, 0.4) is 0 Å². The van der Waals surface area contributed by atoms with Crippen LogP contribution < -0.4 is 10.3 Å². The Kier molecular flexibility index (Phi) is 8.36. The van der Waals surface area contributed by atoms with Gasteiger partial charge in [-0.25, -0.2) is 4.68 Å². The number of H-pyrrole nitrogens is 1. The fourth-order valence-corrected chi connectivity index (χ4v) is 5.40. The lowest BCUT2D eigenvalue weighted by Gasteiger charge is -2.30. The van der Waals surface area contributed by atoms with Crippen molar-refractivity contribution in [2.75, 3.05) is 13.7 Å². The lowest BCUT2D eigenvalue weighted by molar-refractivity contribution is 0.172. The molecule has 1 atom stereocenters. The molecule has 0 aliphatic carbocycles. The maximum absolute atomic E-state index is 13.3. The fraction of sp³-hybridized carbons (Fsp3) is 0.312. The highest BCUT2D eigenvalue weighted by Crippen LogP contribution is 2.26. The van der Waals surface area contributed by atoms with Crippen molar-refractivity contribution >= 4 is 10.9 Å². The first-order valence-electron chi connectivity index (χ1n) is 13.7. The number of aromatic amines is 1. The predicted molar refractivity (Wildman–Crippen MR) is 158 cm³/mol. The smallest absolute Gasteiger partial charge is 0.252 e. The van der Waals surface area contributed by atoms with Crippen LogP contribution in [0.1, 0.15) is 53.0 Å². The number of aromatic nitrogens is 5. The zero-order valence-corrected chi connectivity index (χ0v) is 23.6. The van der Waals surface area contributed by atoms with E-state index < -0.39 is 0 Å². The van der Waals surface area contributed by atoms with E-state index in [0.717, 1.165) is 58.6 Å². The number of rotatable bonds is 11. The third kappa shape index (κ3) is 6.13. The molecule has 5 rings (SSSR count). The molecule has 0 fully saturated rings. The molecular formula is C32H36N6O2. The van der Waals surface area contributed by atoms with E-state index in [1.807, 2.05) is 48.0 Å². The van der Waals surface area contributed by atoms with Crippen molar-refractivity contribution in [1.82, 2.24) is 30.1 Å². The molecule has 0 bridgehead atoms. The summed E-state index contributed by atoms with van der Waals surface area (Å²) in [4.78, 5) is 18.8. The average Bonchev–Trinajstić information content (AvgIpc) is 3.41. The molecule has 0 unspecified atom stereocenters. The molecule has 0 aliphatic heterocycles. The van der Waals surface area contributed by atoms with Crippen molar-refractivity contribution in [3.63, 3.8) is 0 Å². The minimum absolute atomic E-state index is 0.0585. The van der Waals surface area contributed by atoms with Crippen LogP contribution in [-0.4, -0.2) is 43.7 Å². The molecule has 8 nitrogen and oxygen atoms in total. The monoisotopic (exact) mass is 536 g/mol. The number of tetrazole rings is 1. The minimum Gasteiger partial charge on any atom is -0.497 e. The van der Waals surface area contributed by atoms with Gasteiger partial charge < -0.3 is 9.72 Å². The molecule has 40 heavy (non-hydrogen) atoms. The first-order chi connectivity index (χ1) is 19.4. The number of pyridine rings is 1. The predicted octanol–water partition coefficient (Wildman–Crippen LogP) is 5.38. The first kappa shape index (κ1) is 27.3. The second-order valence-corrected chi connectivity index (χ2v) is 10.3. The van der Waals surface area contributed by atoms with Gasteiger partial charge in [0.05, 0.1) is 25.2 Å². The number of benzene rings is 3. The summed E-state index contributed by atoms with van der Waals surface area (Å²) in [6.07, 6.45) is 1.64. The molecule has 0 saturated heterocycles. The van der Waals surface area contributed by atoms with Gasteiger partial charge in [-0.3, -0.25) is 9.69 Å². The summed E-state index contributed by atoms with van der Waals surface area (Å²) in [6.45, 7) is 8.04. The fourth-order valence-electron chi connectivity index (χ4n) is 5.40. The SMILES string of the molecule is CC[C@H](c1nnnn1Cc1ccc(OC)cc1)N(CCc1ccccc1)Cc1cc2cc(C)cc(C)c2[nH]c1=O. The van der Waals surface area contributed by atoms with E-state index in [1.165, 1.54) is 11.1 Å². The van der Waals surface area contributed by atoms with Gasteiger partial charge in [-0.05, 0) is 83.5 Å². The van der Waals surface area contributed by atoms with Crippen molar-refractivity contribution in [1.29, 1.82) is 0 Å². The summed E-state index contributed by atoms with van der Waals surface area (Å²) in [5.74, 6) is 1.60. The quantitative estimate of drug-likeness (QED) is 0.244. The van der Waals surface area contributed by atoms with Crippen LogP contribution in [0.5, 0.6) is 5.75 Å². The Labute approximate surface area is 234 Å². The molecule has 0 amide bonds. The van der Waals surface area contributed by atoms with Crippen molar-refractivity contribution in [3.8, 4) is 5.75 Å². The molecule has 1 N–H and O–H groups in total. The van der Waals surface area contributed by atoms with Crippen LogP contribution in [0.4, 0.5) is 0 Å². The van der Waals surface area contributed by atoms with E-state index >= 15 is 0 Å². The van der Waals surface area contributed by atoms with Crippen LogP contribution in [0.25, 0.3) is 10.9 Å². The average molecular weight is 537 g/mol. The normalized spacial score (nSPS) is 12.2. The third-order valence-corrected chi connectivity index (χ3v) is 7.45. The zero-order chi connectivity index (χ0) is 28.1. The van der Waals surface area contributed by atoms with E-state index in [1.54, 1.807) is 7.11 Å². The molecule has 5 aromatic rings. The molecule has 8 heteroatoms. The van der Waals surface area contributed by atoms with E-state index in [4.69, 9.17) is 4.74 Å². The molecule has 0 saturated carbocycles. The standard InChI is InChI=1S/C32H36N6O2/c1-5-29(31-34-35-36-38(31)20-25-11-13-28(40-4)14-12-25)37(16-15-24-9-7-6-8-10-24)21-27-19-26-18-22(2)17-23(3)30(26)33-32(27)39/h6-14,17-19,29H,5,15-16,20-21H2,1-4H3,(H,33,39)/t29-/m1/s1. The van der Waals surface area contributed by atoms with Crippen LogP contribution in [0, 0.1) is 13.8 Å². The van der Waals surface area contributed by atoms with Gasteiger partial charge in [-0.15, -0.1) is 5.10 Å². The summed E-state index contributed by atoms with van der Waals surface area (Å²) in [5.41, 5.74) is 6.15. The minimum atomic E-state index is -0.0775. The van der Waals surface area contributed by atoms with Crippen molar-refractivity contribution < 1.29 is 4.74 Å². The van der Waals surface area contributed by atoms with Gasteiger partial charge in [-0.1, -0.05) is 61.0 Å². The Morgan fingerprint density at radius 2 is 1.77 bits per heavy atom. The number of fused-ring (bicyclic) bond motifs is 1. The molecule has 0 aliphatic rings. The molecule has 2 heterocycles.